The van der Waals surface area contributed by atoms with Crippen molar-refractivity contribution in [1.82, 2.24) is 0 Å². The Labute approximate surface area is 127 Å². The second kappa shape index (κ2) is 6.64. The summed E-state index contributed by atoms with van der Waals surface area (Å²) in [6, 6.07) is 10.2. The van der Waals surface area contributed by atoms with E-state index in [1.54, 1.807) is 36.4 Å². The van der Waals surface area contributed by atoms with Gasteiger partial charge in [-0.25, -0.2) is 0 Å². The monoisotopic (exact) mass is 310 g/mol. The van der Waals surface area contributed by atoms with Crippen LogP contribution in [0.4, 0.5) is 0 Å². The molecule has 20 heavy (non-hydrogen) atoms. The Morgan fingerprint density at radius 2 is 1.95 bits per heavy atom. The van der Waals surface area contributed by atoms with Crippen molar-refractivity contribution in [2.75, 3.05) is 7.11 Å². The molecule has 0 amide bonds. The number of ether oxygens (including phenoxy) is 2. The van der Waals surface area contributed by atoms with Crippen LogP contribution in [0.5, 0.6) is 11.5 Å². The molecule has 104 valence electrons. The quantitative estimate of drug-likeness (QED) is 0.768. The van der Waals surface area contributed by atoms with Gasteiger partial charge >= 0.3 is 0 Å². The van der Waals surface area contributed by atoms with E-state index in [9.17, 15) is 4.79 Å². The Bertz CT molecular complexity index is 627. The molecule has 0 atom stereocenters. The summed E-state index contributed by atoms with van der Waals surface area (Å²) in [6.07, 6.45) is 0.720. The third kappa shape index (κ3) is 3.44. The first-order chi connectivity index (χ1) is 9.63. The Morgan fingerprint density at radius 1 is 1.15 bits per heavy atom. The molecule has 0 aliphatic rings. The first-order valence-electron chi connectivity index (χ1n) is 5.84. The lowest BCUT2D eigenvalue weighted by Gasteiger charge is -2.11. The molecule has 0 radical (unpaired) electrons. The van der Waals surface area contributed by atoms with Gasteiger partial charge in [0, 0.05) is 15.6 Å². The van der Waals surface area contributed by atoms with Gasteiger partial charge in [0.1, 0.15) is 18.1 Å². The number of aldehydes is 1. The van der Waals surface area contributed by atoms with Crippen LogP contribution < -0.4 is 9.47 Å². The number of benzene rings is 2. The molecule has 0 N–H and O–H groups in total. The molecule has 0 fully saturated rings. The van der Waals surface area contributed by atoms with Crippen LogP contribution in [-0.4, -0.2) is 13.4 Å². The van der Waals surface area contributed by atoms with Crippen molar-refractivity contribution >= 4 is 29.5 Å². The summed E-state index contributed by atoms with van der Waals surface area (Å²) >= 11 is 12.0. The van der Waals surface area contributed by atoms with E-state index in [2.05, 4.69) is 0 Å². The fraction of sp³-hybridized carbons (Fsp3) is 0.133. The second-order valence-corrected chi connectivity index (χ2v) is 4.89. The molecule has 2 aromatic carbocycles. The van der Waals surface area contributed by atoms with Crippen LogP contribution in [0.2, 0.25) is 10.0 Å². The van der Waals surface area contributed by atoms with Gasteiger partial charge in [0.05, 0.1) is 12.7 Å². The van der Waals surface area contributed by atoms with Crippen molar-refractivity contribution in [3.05, 3.63) is 57.6 Å². The Balaban J connectivity index is 2.18. The van der Waals surface area contributed by atoms with E-state index in [1.807, 2.05) is 0 Å². The van der Waals surface area contributed by atoms with Crippen LogP contribution in [0, 0.1) is 0 Å². The highest BCUT2D eigenvalue weighted by Crippen LogP contribution is 2.26. The standard InChI is InChI=1S/C15H12Cl2O3/c1-19-13-3-5-15(10(7-13)8-18)20-9-11-6-12(16)2-4-14(11)17/h2-8H,9H2,1H3. The lowest BCUT2D eigenvalue weighted by atomic mass is 10.2. The summed E-state index contributed by atoms with van der Waals surface area (Å²) in [7, 11) is 1.54. The maximum absolute atomic E-state index is 11.0. The van der Waals surface area contributed by atoms with E-state index in [1.165, 1.54) is 7.11 Å². The molecule has 2 rings (SSSR count). The predicted molar refractivity (Wildman–Crippen MR) is 79.2 cm³/mol. The van der Waals surface area contributed by atoms with Crippen LogP contribution in [-0.2, 0) is 6.61 Å². The first-order valence-corrected chi connectivity index (χ1v) is 6.59. The number of hydrogen-bond acceptors (Lipinski definition) is 3. The highest BCUT2D eigenvalue weighted by Gasteiger charge is 2.07. The molecule has 0 aromatic heterocycles. The Morgan fingerprint density at radius 3 is 2.65 bits per heavy atom. The third-order valence-corrected chi connectivity index (χ3v) is 3.34. The van der Waals surface area contributed by atoms with Gasteiger partial charge in [-0.1, -0.05) is 23.2 Å². The number of carbonyl (C=O) groups is 1. The average Bonchev–Trinajstić information content (AvgIpc) is 2.48. The summed E-state index contributed by atoms with van der Waals surface area (Å²) in [5.74, 6) is 1.07. The van der Waals surface area contributed by atoms with Gasteiger partial charge in [0.2, 0.25) is 0 Å². The average molecular weight is 311 g/mol. The van der Waals surface area contributed by atoms with E-state index in [-0.39, 0.29) is 6.61 Å². The number of methoxy groups -OCH3 is 1. The van der Waals surface area contributed by atoms with Crippen LogP contribution >= 0.6 is 23.2 Å². The molecule has 0 spiro atoms. The molecular weight excluding hydrogens is 299 g/mol. The van der Waals surface area contributed by atoms with Crippen molar-refractivity contribution in [2.45, 2.75) is 6.61 Å². The zero-order chi connectivity index (χ0) is 14.5. The summed E-state index contributed by atoms with van der Waals surface area (Å²) in [4.78, 5) is 11.0. The van der Waals surface area contributed by atoms with E-state index in [0.717, 1.165) is 11.8 Å². The molecule has 0 aliphatic carbocycles. The SMILES string of the molecule is COc1ccc(OCc2cc(Cl)ccc2Cl)c(C=O)c1. The zero-order valence-corrected chi connectivity index (χ0v) is 12.2. The fourth-order valence-corrected chi connectivity index (χ4v) is 2.05. The van der Waals surface area contributed by atoms with E-state index < -0.39 is 0 Å². The maximum atomic E-state index is 11.0. The molecule has 0 unspecified atom stereocenters. The van der Waals surface area contributed by atoms with Gasteiger partial charge in [-0.3, -0.25) is 4.79 Å². The largest absolute Gasteiger partial charge is 0.497 e. The molecule has 2 aromatic rings. The van der Waals surface area contributed by atoms with Crippen LogP contribution in [0.25, 0.3) is 0 Å². The molecule has 0 saturated carbocycles. The van der Waals surface area contributed by atoms with E-state index >= 15 is 0 Å². The molecule has 3 nitrogen and oxygen atoms in total. The van der Waals surface area contributed by atoms with Gasteiger partial charge in [0.15, 0.2) is 6.29 Å². The van der Waals surface area contributed by atoms with Gasteiger partial charge in [-0.15, -0.1) is 0 Å². The van der Waals surface area contributed by atoms with Crippen molar-refractivity contribution in [3.8, 4) is 11.5 Å². The minimum absolute atomic E-state index is 0.229. The van der Waals surface area contributed by atoms with Crippen molar-refractivity contribution in [2.24, 2.45) is 0 Å². The van der Waals surface area contributed by atoms with Gasteiger partial charge in [-0.05, 0) is 36.4 Å². The summed E-state index contributed by atoms with van der Waals surface area (Å²) in [6.45, 7) is 0.229. The maximum Gasteiger partial charge on any atom is 0.153 e. The van der Waals surface area contributed by atoms with Crippen LogP contribution in [0.15, 0.2) is 36.4 Å². The minimum Gasteiger partial charge on any atom is -0.497 e. The predicted octanol–water partition coefficient (Wildman–Crippen LogP) is 4.39. The minimum atomic E-state index is 0.229. The lowest BCUT2D eigenvalue weighted by molar-refractivity contribution is 0.111. The molecule has 0 bridgehead atoms. The zero-order valence-electron chi connectivity index (χ0n) is 10.7. The molecule has 5 heteroatoms. The highest BCUT2D eigenvalue weighted by atomic mass is 35.5. The summed E-state index contributed by atoms with van der Waals surface area (Å²) in [5.41, 5.74) is 1.18. The number of hydrogen-bond donors (Lipinski definition) is 0. The molecular formula is C15H12Cl2O3. The molecule has 0 saturated heterocycles. The number of carbonyl (C=O) groups excluding carboxylic acids is 1. The van der Waals surface area contributed by atoms with Crippen molar-refractivity contribution in [1.29, 1.82) is 0 Å². The molecule has 0 aliphatic heterocycles. The van der Waals surface area contributed by atoms with Crippen LogP contribution in [0.1, 0.15) is 15.9 Å². The third-order valence-electron chi connectivity index (χ3n) is 2.73. The Hall–Kier alpha value is -1.71. The fourth-order valence-electron chi connectivity index (χ4n) is 1.69. The van der Waals surface area contributed by atoms with E-state index in [0.29, 0.717) is 27.1 Å². The number of halogens is 2. The number of rotatable bonds is 5. The smallest absolute Gasteiger partial charge is 0.153 e. The molecule has 0 heterocycles. The summed E-state index contributed by atoms with van der Waals surface area (Å²) < 4.78 is 10.7. The van der Waals surface area contributed by atoms with Crippen molar-refractivity contribution < 1.29 is 14.3 Å². The summed E-state index contributed by atoms with van der Waals surface area (Å²) in [5, 5.41) is 1.15. The highest BCUT2D eigenvalue weighted by molar-refractivity contribution is 6.33. The second-order valence-electron chi connectivity index (χ2n) is 4.05. The van der Waals surface area contributed by atoms with Gasteiger partial charge < -0.3 is 9.47 Å². The van der Waals surface area contributed by atoms with Crippen molar-refractivity contribution in [3.63, 3.8) is 0 Å². The van der Waals surface area contributed by atoms with E-state index in [4.69, 9.17) is 32.7 Å². The first kappa shape index (κ1) is 14.7. The Kier molecular flexibility index (Phi) is 4.88. The normalized spacial score (nSPS) is 10.2. The van der Waals surface area contributed by atoms with Gasteiger partial charge in [-0.2, -0.15) is 0 Å². The lowest BCUT2D eigenvalue weighted by Crippen LogP contribution is -1.99. The van der Waals surface area contributed by atoms with Gasteiger partial charge in [0.25, 0.3) is 0 Å². The topological polar surface area (TPSA) is 35.5 Å². The van der Waals surface area contributed by atoms with Crippen LogP contribution in [0.3, 0.4) is 0 Å².